The van der Waals surface area contributed by atoms with Gasteiger partial charge in [0.1, 0.15) is 11.5 Å². The van der Waals surface area contributed by atoms with Crippen LogP contribution >= 0.6 is 11.6 Å². The summed E-state index contributed by atoms with van der Waals surface area (Å²) in [4.78, 5) is 44.7. The van der Waals surface area contributed by atoms with Crippen LogP contribution in [0.2, 0.25) is 5.02 Å². The number of benzene rings is 3. The molecule has 10 nitrogen and oxygen atoms in total. The van der Waals surface area contributed by atoms with Crippen molar-refractivity contribution < 1.29 is 23.9 Å². The maximum atomic E-state index is 13.5. The van der Waals surface area contributed by atoms with E-state index < -0.39 is 0 Å². The first kappa shape index (κ1) is 34.7. The number of nitrogens with zero attached hydrogens (tertiary/aromatic N) is 3. The Hall–Kier alpha value is -4.12. The summed E-state index contributed by atoms with van der Waals surface area (Å²) in [6, 6.07) is 19.1. The van der Waals surface area contributed by atoms with Crippen LogP contribution in [-0.2, 0) is 4.79 Å². The molecule has 4 rings (SSSR count). The minimum Gasteiger partial charge on any atom is -0.493 e. The van der Waals surface area contributed by atoms with Crippen molar-refractivity contribution in [1.82, 2.24) is 9.80 Å². The Labute approximate surface area is 276 Å². The van der Waals surface area contributed by atoms with Crippen LogP contribution in [0.5, 0.6) is 11.5 Å². The zero-order valence-corrected chi connectivity index (χ0v) is 27.4. The number of nitrogens with two attached hydrogens (primary N) is 1. The summed E-state index contributed by atoms with van der Waals surface area (Å²) in [7, 11) is 3.75. The number of piperazine rings is 1. The first-order valence-corrected chi connectivity index (χ1v) is 16.1. The molecule has 0 atom stereocenters. The van der Waals surface area contributed by atoms with Crippen molar-refractivity contribution in [1.29, 1.82) is 0 Å². The SMILES string of the molecule is CN1CCN(C(=O)CCCCCOc2ccccc2N(C)C(=O)c2ccc(NC(=O)c3ccccc3OCCCN)cc2Cl)CC1. The van der Waals surface area contributed by atoms with Crippen LogP contribution < -0.4 is 25.4 Å². The second-order valence-corrected chi connectivity index (χ2v) is 11.7. The molecule has 0 bridgehead atoms. The molecule has 246 valence electrons. The van der Waals surface area contributed by atoms with Gasteiger partial charge in [-0.25, -0.2) is 0 Å². The fourth-order valence-electron chi connectivity index (χ4n) is 5.11. The van der Waals surface area contributed by atoms with E-state index in [1.807, 2.05) is 29.2 Å². The number of anilines is 2. The molecule has 1 aliphatic rings. The van der Waals surface area contributed by atoms with Crippen LogP contribution in [0.1, 0.15) is 52.8 Å². The highest BCUT2D eigenvalue weighted by atomic mass is 35.5. The van der Waals surface area contributed by atoms with Crippen molar-refractivity contribution in [3.8, 4) is 11.5 Å². The van der Waals surface area contributed by atoms with Gasteiger partial charge in [-0.2, -0.15) is 0 Å². The summed E-state index contributed by atoms with van der Waals surface area (Å²) in [6.45, 7) is 4.82. The largest absolute Gasteiger partial charge is 0.493 e. The van der Waals surface area contributed by atoms with E-state index in [1.165, 1.54) is 4.90 Å². The van der Waals surface area contributed by atoms with E-state index in [9.17, 15) is 14.4 Å². The predicted molar refractivity (Wildman–Crippen MR) is 182 cm³/mol. The quantitative estimate of drug-likeness (QED) is 0.214. The number of carbonyl (C=O) groups excluding carboxylic acids is 3. The molecule has 3 N–H and O–H groups in total. The van der Waals surface area contributed by atoms with Crippen molar-refractivity contribution in [3.63, 3.8) is 0 Å². The summed E-state index contributed by atoms with van der Waals surface area (Å²) < 4.78 is 11.8. The normalized spacial score (nSPS) is 13.3. The summed E-state index contributed by atoms with van der Waals surface area (Å²) in [5.41, 5.74) is 7.26. The average molecular weight is 650 g/mol. The number of para-hydroxylation sites is 3. The molecule has 0 saturated carbocycles. The molecule has 1 fully saturated rings. The lowest BCUT2D eigenvalue weighted by molar-refractivity contribution is -0.132. The fraction of sp³-hybridized carbons (Fsp3) is 0.400. The minimum atomic E-state index is -0.358. The van der Waals surface area contributed by atoms with Crippen molar-refractivity contribution >= 4 is 40.7 Å². The lowest BCUT2D eigenvalue weighted by Gasteiger charge is -2.32. The zero-order chi connectivity index (χ0) is 32.9. The molecule has 0 aromatic heterocycles. The standard InChI is InChI=1S/C35H44ClN5O5/c1-39-19-21-41(22-20-39)33(42)15-4-3-9-23-46-32-14-8-6-12-30(32)40(2)35(44)27-17-16-26(25-29(27)36)38-34(43)28-11-5-7-13-31(28)45-24-10-18-37/h5-8,11-14,16-17,25H,3-4,9-10,15,18-24,37H2,1-2H3,(H,38,43). The van der Waals surface area contributed by atoms with Gasteiger partial charge >= 0.3 is 0 Å². The molecule has 0 radical (unpaired) electrons. The number of likely N-dealkylation sites (N-methyl/N-ethyl adjacent to an activating group) is 1. The van der Waals surface area contributed by atoms with E-state index in [0.717, 1.165) is 45.4 Å². The predicted octanol–water partition coefficient (Wildman–Crippen LogP) is 5.31. The molecule has 0 aliphatic carbocycles. The second-order valence-electron chi connectivity index (χ2n) is 11.3. The maximum absolute atomic E-state index is 13.5. The van der Waals surface area contributed by atoms with Gasteiger partial charge in [0.2, 0.25) is 5.91 Å². The number of amides is 3. The van der Waals surface area contributed by atoms with Crippen molar-refractivity contribution in [2.24, 2.45) is 5.73 Å². The first-order valence-electron chi connectivity index (χ1n) is 15.8. The minimum absolute atomic E-state index is 0.201. The smallest absolute Gasteiger partial charge is 0.259 e. The summed E-state index contributed by atoms with van der Waals surface area (Å²) in [6.07, 6.45) is 3.72. The number of hydrogen-bond donors (Lipinski definition) is 2. The maximum Gasteiger partial charge on any atom is 0.259 e. The summed E-state index contributed by atoms with van der Waals surface area (Å²) in [5.74, 6) is 0.593. The third kappa shape index (κ3) is 9.69. The Balaban J connectivity index is 1.30. The molecule has 46 heavy (non-hydrogen) atoms. The number of halogens is 1. The molecular weight excluding hydrogens is 606 g/mol. The Kier molecular flexibility index (Phi) is 13.3. The van der Waals surface area contributed by atoms with E-state index in [-0.39, 0.29) is 28.3 Å². The zero-order valence-electron chi connectivity index (χ0n) is 26.7. The van der Waals surface area contributed by atoms with Crippen LogP contribution in [0.4, 0.5) is 11.4 Å². The monoisotopic (exact) mass is 649 g/mol. The highest BCUT2D eigenvalue weighted by Crippen LogP contribution is 2.31. The molecule has 3 aromatic rings. The third-order valence-corrected chi connectivity index (χ3v) is 8.19. The van der Waals surface area contributed by atoms with Gasteiger partial charge in [0.05, 0.1) is 35.1 Å². The van der Waals surface area contributed by atoms with Crippen LogP contribution in [0.3, 0.4) is 0 Å². The second kappa shape index (κ2) is 17.5. The highest BCUT2D eigenvalue weighted by molar-refractivity contribution is 6.35. The molecule has 1 heterocycles. The Morgan fingerprint density at radius 1 is 0.848 bits per heavy atom. The Morgan fingerprint density at radius 3 is 2.26 bits per heavy atom. The topological polar surface area (TPSA) is 117 Å². The van der Waals surface area contributed by atoms with E-state index in [0.29, 0.717) is 61.0 Å². The van der Waals surface area contributed by atoms with Gasteiger partial charge in [0.25, 0.3) is 11.8 Å². The van der Waals surface area contributed by atoms with Gasteiger partial charge in [-0.1, -0.05) is 35.9 Å². The number of nitrogens with one attached hydrogen (secondary N) is 1. The van der Waals surface area contributed by atoms with Gasteiger partial charge in [-0.05, 0) is 81.7 Å². The number of unbranched alkanes of at least 4 members (excludes halogenated alkanes) is 2. The molecule has 0 spiro atoms. The highest BCUT2D eigenvalue weighted by Gasteiger charge is 2.21. The van der Waals surface area contributed by atoms with Crippen LogP contribution in [0, 0.1) is 0 Å². The van der Waals surface area contributed by atoms with Crippen molar-refractivity contribution in [3.05, 3.63) is 82.9 Å². The van der Waals surface area contributed by atoms with E-state index in [1.54, 1.807) is 49.5 Å². The third-order valence-electron chi connectivity index (χ3n) is 7.87. The number of carbonyl (C=O) groups is 3. The molecule has 1 saturated heterocycles. The van der Waals surface area contributed by atoms with Gasteiger partial charge in [-0.3, -0.25) is 14.4 Å². The van der Waals surface area contributed by atoms with Gasteiger partial charge < -0.3 is 35.2 Å². The Morgan fingerprint density at radius 2 is 1.52 bits per heavy atom. The van der Waals surface area contributed by atoms with Gasteiger partial charge in [0, 0.05) is 45.3 Å². The van der Waals surface area contributed by atoms with Crippen LogP contribution in [-0.4, -0.2) is 87.6 Å². The molecular formula is C35H44ClN5O5. The lowest BCUT2D eigenvalue weighted by atomic mass is 10.1. The van der Waals surface area contributed by atoms with E-state index in [4.69, 9.17) is 26.8 Å². The summed E-state index contributed by atoms with van der Waals surface area (Å²) >= 11 is 6.56. The van der Waals surface area contributed by atoms with Crippen molar-refractivity contribution in [2.75, 3.05) is 70.2 Å². The fourth-order valence-corrected chi connectivity index (χ4v) is 5.37. The van der Waals surface area contributed by atoms with E-state index >= 15 is 0 Å². The molecule has 3 aromatic carbocycles. The van der Waals surface area contributed by atoms with E-state index in [2.05, 4.69) is 17.3 Å². The Bertz CT molecular complexity index is 1480. The van der Waals surface area contributed by atoms with Crippen molar-refractivity contribution in [2.45, 2.75) is 32.1 Å². The number of ether oxygens (including phenoxy) is 2. The average Bonchev–Trinajstić information content (AvgIpc) is 3.06. The van der Waals surface area contributed by atoms with Crippen LogP contribution in [0.15, 0.2) is 66.7 Å². The molecule has 1 aliphatic heterocycles. The van der Waals surface area contributed by atoms with Crippen LogP contribution in [0.25, 0.3) is 0 Å². The molecule has 3 amide bonds. The molecule has 0 unspecified atom stereocenters. The van der Waals surface area contributed by atoms with Gasteiger partial charge in [-0.15, -0.1) is 0 Å². The number of rotatable bonds is 15. The molecule has 11 heteroatoms. The lowest BCUT2D eigenvalue weighted by Crippen LogP contribution is -2.47. The van der Waals surface area contributed by atoms with Gasteiger partial charge in [0.15, 0.2) is 0 Å². The number of hydrogen-bond acceptors (Lipinski definition) is 7. The summed E-state index contributed by atoms with van der Waals surface area (Å²) in [5, 5.41) is 3.03. The first-order chi connectivity index (χ1) is 22.3.